The molecule has 2 fully saturated rings. The lowest BCUT2D eigenvalue weighted by Gasteiger charge is -2.57. The van der Waals surface area contributed by atoms with Crippen LogP contribution < -0.4 is 0 Å². The Hall–Kier alpha value is -1.79. The second-order valence-corrected chi connectivity index (χ2v) is 12.9. The summed E-state index contributed by atoms with van der Waals surface area (Å²) in [5.41, 5.74) is 0.145. The first kappa shape index (κ1) is 27.3. The third-order valence-electron chi connectivity index (χ3n) is 10.9. The van der Waals surface area contributed by atoms with Crippen molar-refractivity contribution in [3.8, 4) is 0 Å². The summed E-state index contributed by atoms with van der Waals surface area (Å²) >= 11 is 0. The molecule has 0 saturated heterocycles. The molecule has 4 rings (SSSR count). The lowest BCUT2D eigenvalue weighted by atomic mass is 9.47. The molecule has 0 radical (unpaired) electrons. The number of Topliss-reactive ketones (excluding diaryl/α,β-unsaturated/α-hetero) is 2. The van der Waals surface area contributed by atoms with E-state index in [0.717, 1.165) is 42.4 Å². The third kappa shape index (κ3) is 3.94. The Morgan fingerprint density at radius 3 is 2.50 bits per heavy atom. The summed E-state index contributed by atoms with van der Waals surface area (Å²) in [5, 5.41) is 22.5. The van der Waals surface area contributed by atoms with E-state index >= 15 is 0 Å². The number of ether oxygens (including phenoxy) is 1. The molecule has 0 aliphatic heterocycles. The van der Waals surface area contributed by atoms with Crippen LogP contribution in [0.15, 0.2) is 23.3 Å². The van der Waals surface area contributed by atoms with Gasteiger partial charge in [0.05, 0.1) is 19.1 Å². The minimum absolute atomic E-state index is 0.0861. The first-order valence-electron chi connectivity index (χ1n) is 13.7. The molecule has 6 nitrogen and oxygen atoms in total. The number of aliphatic hydroxyl groups is 2. The maximum atomic E-state index is 13.9. The van der Waals surface area contributed by atoms with E-state index in [1.165, 1.54) is 7.11 Å². The van der Waals surface area contributed by atoms with Crippen LogP contribution >= 0.6 is 0 Å². The lowest BCUT2D eigenvalue weighted by molar-refractivity contribution is -0.160. The van der Waals surface area contributed by atoms with Gasteiger partial charge in [0.15, 0.2) is 11.6 Å². The van der Waals surface area contributed by atoms with E-state index in [4.69, 9.17) is 4.74 Å². The molecular weight excluding hydrogens is 456 g/mol. The quantitative estimate of drug-likeness (QED) is 0.409. The van der Waals surface area contributed by atoms with Gasteiger partial charge in [-0.2, -0.15) is 0 Å². The van der Waals surface area contributed by atoms with E-state index in [2.05, 4.69) is 20.4 Å². The second kappa shape index (κ2) is 9.20. The van der Waals surface area contributed by atoms with Crippen molar-refractivity contribution in [1.82, 2.24) is 0 Å². The fourth-order valence-electron chi connectivity index (χ4n) is 8.71. The van der Waals surface area contributed by atoms with Crippen molar-refractivity contribution in [3.05, 3.63) is 23.3 Å². The Labute approximate surface area is 215 Å². The van der Waals surface area contributed by atoms with Gasteiger partial charge in [-0.3, -0.25) is 14.4 Å². The Bertz CT molecular complexity index is 1010. The molecule has 4 aliphatic carbocycles. The standard InChI is InChI=1S/C30H44O6/c1-16(18(3)27(34)36-7)8-9-17(2)19-10-11-20-25-21(31)14-23-28(4,13-12-24(33)30(23,6)35)26(25)22(32)15-29(19,20)5/h17-21,23,31,35H,1,8-15H2,2-7H3/t17-,18-,19-,20+,21+,23-,28+,29-,30-/m1/s1. The van der Waals surface area contributed by atoms with Crippen LogP contribution in [0.3, 0.4) is 0 Å². The van der Waals surface area contributed by atoms with E-state index in [9.17, 15) is 24.6 Å². The molecule has 2 saturated carbocycles. The maximum Gasteiger partial charge on any atom is 0.312 e. The molecule has 4 aliphatic rings. The number of methoxy groups -OCH3 is 1. The molecule has 9 atom stereocenters. The predicted molar refractivity (Wildman–Crippen MR) is 137 cm³/mol. The number of allylic oxidation sites excluding steroid dienone is 1. The van der Waals surface area contributed by atoms with Gasteiger partial charge in [-0.25, -0.2) is 0 Å². The van der Waals surface area contributed by atoms with E-state index < -0.39 is 23.0 Å². The Balaban J connectivity index is 1.60. The second-order valence-electron chi connectivity index (χ2n) is 12.9. The zero-order chi connectivity index (χ0) is 26.8. The van der Waals surface area contributed by atoms with Crippen LogP contribution in [0.5, 0.6) is 0 Å². The van der Waals surface area contributed by atoms with Crippen molar-refractivity contribution in [1.29, 1.82) is 0 Å². The number of carbonyl (C=O) groups is 3. The highest BCUT2D eigenvalue weighted by Gasteiger charge is 2.64. The van der Waals surface area contributed by atoms with Crippen LogP contribution in [-0.4, -0.2) is 46.6 Å². The van der Waals surface area contributed by atoms with Gasteiger partial charge in [0.2, 0.25) is 0 Å². The highest BCUT2D eigenvalue weighted by Crippen LogP contribution is 2.65. The maximum absolute atomic E-state index is 13.9. The van der Waals surface area contributed by atoms with E-state index in [1.54, 1.807) is 6.92 Å². The first-order valence-corrected chi connectivity index (χ1v) is 13.7. The van der Waals surface area contributed by atoms with Gasteiger partial charge in [-0.05, 0) is 81.1 Å². The summed E-state index contributed by atoms with van der Waals surface area (Å²) in [7, 11) is 1.39. The topological polar surface area (TPSA) is 101 Å². The lowest BCUT2D eigenvalue weighted by Crippen LogP contribution is -2.60. The smallest absolute Gasteiger partial charge is 0.312 e. The molecule has 36 heavy (non-hydrogen) atoms. The number of hydrogen-bond acceptors (Lipinski definition) is 6. The van der Waals surface area contributed by atoms with Crippen molar-refractivity contribution in [3.63, 3.8) is 0 Å². The number of ketones is 2. The van der Waals surface area contributed by atoms with Crippen molar-refractivity contribution in [2.45, 2.75) is 97.7 Å². The number of hydrogen-bond donors (Lipinski definition) is 2. The molecule has 0 aromatic heterocycles. The molecule has 200 valence electrons. The van der Waals surface area contributed by atoms with Gasteiger partial charge in [-0.15, -0.1) is 0 Å². The largest absolute Gasteiger partial charge is 0.469 e. The molecule has 0 aromatic rings. The molecule has 0 heterocycles. The van der Waals surface area contributed by atoms with Crippen LogP contribution in [0.2, 0.25) is 0 Å². The summed E-state index contributed by atoms with van der Waals surface area (Å²) in [4.78, 5) is 38.4. The van der Waals surface area contributed by atoms with Crippen LogP contribution in [0, 0.1) is 40.4 Å². The summed E-state index contributed by atoms with van der Waals surface area (Å²) in [6.45, 7) is 14.0. The molecule has 0 spiro atoms. The Kier molecular flexibility index (Phi) is 6.96. The van der Waals surface area contributed by atoms with Crippen molar-refractivity contribution in [2.75, 3.05) is 7.11 Å². The van der Waals surface area contributed by atoms with E-state index in [-0.39, 0.29) is 41.2 Å². The zero-order valence-corrected chi connectivity index (χ0v) is 22.9. The molecule has 0 bridgehead atoms. The van der Waals surface area contributed by atoms with Gasteiger partial charge in [0, 0.05) is 29.7 Å². The summed E-state index contributed by atoms with van der Waals surface area (Å²) < 4.78 is 4.86. The van der Waals surface area contributed by atoms with Crippen molar-refractivity contribution >= 4 is 17.5 Å². The number of aliphatic hydroxyl groups excluding tert-OH is 1. The fraction of sp³-hybridized carbons (Fsp3) is 0.767. The molecule has 0 unspecified atom stereocenters. The number of rotatable bonds is 6. The van der Waals surface area contributed by atoms with Gasteiger partial charge in [0.1, 0.15) is 5.60 Å². The van der Waals surface area contributed by atoms with Gasteiger partial charge < -0.3 is 14.9 Å². The molecule has 0 aromatic carbocycles. The summed E-state index contributed by atoms with van der Waals surface area (Å²) in [6, 6.07) is 0. The van der Waals surface area contributed by atoms with Crippen LogP contribution in [0.4, 0.5) is 0 Å². The van der Waals surface area contributed by atoms with E-state index in [0.29, 0.717) is 31.1 Å². The van der Waals surface area contributed by atoms with Crippen LogP contribution in [0.25, 0.3) is 0 Å². The normalized spacial score (nSPS) is 41.8. The highest BCUT2D eigenvalue weighted by atomic mass is 16.5. The average Bonchev–Trinajstić information content (AvgIpc) is 3.16. The monoisotopic (exact) mass is 500 g/mol. The molecule has 6 heteroatoms. The average molecular weight is 501 g/mol. The van der Waals surface area contributed by atoms with Gasteiger partial charge in [-0.1, -0.05) is 32.9 Å². The minimum atomic E-state index is -1.52. The fourth-order valence-corrected chi connectivity index (χ4v) is 8.71. The molecule has 0 amide bonds. The van der Waals surface area contributed by atoms with Crippen molar-refractivity contribution < 1.29 is 29.3 Å². The summed E-state index contributed by atoms with van der Waals surface area (Å²) in [6.07, 6.45) is 4.32. The predicted octanol–water partition coefficient (Wildman–Crippen LogP) is 4.57. The highest BCUT2D eigenvalue weighted by molar-refractivity contribution is 6.00. The zero-order valence-electron chi connectivity index (χ0n) is 22.9. The Morgan fingerprint density at radius 1 is 1.19 bits per heavy atom. The minimum Gasteiger partial charge on any atom is -0.469 e. The summed E-state index contributed by atoms with van der Waals surface area (Å²) in [5.74, 6) is -0.347. The molecular formula is C30H44O6. The molecule has 2 N–H and O–H groups in total. The van der Waals surface area contributed by atoms with E-state index in [1.807, 2.05) is 13.8 Å². The Morgan fingerprint density at radius 2 is 1.86 bits per heavy atom. The van der Waals surface area contributed by atoms with Crippen LogP contribution in [-0.2, 0) is 19.1 Å². The van der Waals surface area contributed by atoms with Crippen LogP contribution in [0.1, 0.15) is 86.0 Å². The SMILES string of the molecule is C=C(CC[C@@H](C)[C@H]1CC[C@H]2C3=C(C(=O)C[C@]12C)[C@@]1(C)CCC(=O)[C@](C)(O)[C@@H]1C[C@@H]3O)[C@@H](C)C(=O)OC. The van der Waals surface area contributed by atoms with Gasteiger partial charge in [0.25, 0.3) is 0 Å². The van der Waals surface area contributed by atoms with Gasteiger partial charge >= 0.3 is 5.97 Å². The number of esters is 1. The first-order chi connectivity index (χ1) is 16.7. The van der Waals surface area contributed by atoms with Crippen molar-refractivity contribution in [2.24, 2.45) is 40.4 Å². The number of fused-ring (bicyclic) bond motifs is 4. The number of carbonyl (C=O) groups excluding carboxylic acids is 3. The third-order valence-corrected chi connectivity index (χ3v) is 10.9.